The van der Waals surface area contributed by atoms with Crippen LogP contribution in [0.2, 0.25) is 0 Å². The summed E-state index contributed by atoms with van der Waals surface area (Å²) < 4.78 is 17.5. The molecule has 88 valence electrons. The van der Waals surface area contributed by atoms with Crippen molar-refractivity contribution in [1.82, 2.24) is 0 Å². The van der Waals surface area contributed by atoms with Crippen LogP contribution >= 0.6 is 0 Å². The van der Waals surface area contributed by atoms with Gasteiger partial charge in [0.25, 0.3) is 0 Å². The number of rotatable bonds is 1. The van der Waals surface area contributed by atoms with E-state index in [0.29, 0.717) is 13.0 Å². The van der Waals surface area contributed by atoms with Gasteiger partial charge in [0.1, 0.15) is 11.7 Å². The van der Waals surface area contributed by atoms with E-state index in [2.05, 4.69) is 0 Å². The summed E-state index contributed by atoms with van der Waals surface area (Å²) in [4.78, 5) is 0. The Hall–Kier alpha value is -0.160. The van der Waals surface area contributed by atoms with Crippen LogP contribution in [0.5, 0.6) is 0 Å². The smallest absolute Gasteiger partial charge is 0.200 e. The number of hydrogen-bond acceptors (Lipinski definition) is 4. The van der Waals surface area contributed by atoms with Crippen molar-refractivity contribution in [1.29, 1.82) is 0 Å². The fourth-order valence-corrected chi connectivity index (χ4v) is 2.64. The maximum atomic E-state index is 9.06. The largest absolute Gasteiger partial charge is 0.394 e. The van der Waals surface area contributed by atoms with Gasteiger partial charge in [-0.05, 0) is 27.7 Å². The molecule has 2 aliphatic rings. The van der Waals surface area contributed by atoms with Gasteiger partial charge >= 0.3 is 0 Å². The molecule has 0 aliphatic carbocycles. The molecule has 0 aromatic carbocycles. The summed E-state index contributed by atoms with van der Waals surface area (Å²) >= 11 is 0. The minimum atomic E-state index is -0.691. The molecule has 0 aromatic rings. The molecule has 2 fully saturated rings. The van der Waals surface area contributed by atoms with E-state index in [0.717, 1.165) is 0 Å². The van der Waals surface area contributed by atoms with Crippen LogP contribution in [-0.4, -0.2) is 41.4 Å². The molecule has 2 aliphatic heterocycles. The number of ether oxygens (including phenoxy) is 3. The second kappa shape index (κ2) is 3.17. The van der Waals surface area contributed by atoms with Crippen LogP contribution in [0.25, 0.3) is 0 Å². The van der Waals surface area contributed by atoms with Gasteiger partial charge in [0, 0.05) is 6.42 Å². The molecule has 2 saturated heterocycles. The molecule has 0 aromatic heterocycles. The molecular weight excluding hydrogens is 196 g/mol. The van der Waals surface area contributed by atoms with Crippen molar-refractivity contribution in [3.8, 4) is 0 Å². The maximum Gasteiger partial charge on any atom is 0.200 e. The highest BCUT2D eigenvalue weighted by molar-refractivity contribution is 5.04. The van der Waals surface area contributed by atoms with Crippen LogP contribution in [-0.2, 0) is 14.2 Å². The zero-order valence-corrected chi connectivity index (χ0v) is 9.87. The molecule has 2 unspecified atom stereocenters. The molecule has 2 heterocycles. The Morgan fingerprint density at radius 1 is 1.27 bits per heavy atom. The van der Waals surface area contributed by atoms with Crippen LogP contribution in [0.1, 0.15) is 34.1 Å². The van der Waals surface area contributed by atoms with E-state index in [1.54, 1.807) is 0 Å². The lowest BCUT2D eigenvalue weighted by molar-refractivity contribution is -0.237. The Morgan fingerprint density at radius 3 is 2.33 bits per heavy atom. The van der Waals surface area contributed by atoms with Gasteiger partial charge in [0.2, 0.25) is 0 Å². The fourth-order valence-electron chi connectivity index (χ4n) is 2.64. The summed E-state index contributed by atoms with van der Waals surface area (Å²) in [5.74, 6) is -0.691. The SMILES string of the molecule is CC1(C)CC2(OCC(CO)O2)C(C)(C)O1. The quantitative estimate of drug-likeness (QED) is 0.712. The van der Waals surface area contributed by atoms with Gasteiger partial charge in [-0.15, -0.1) is 0 Å². The molecule has 2 rings (SSSR count). The molecule has 0 amide bonds. The lowest BCUT2D eigenvalue weighted by Gasteiger charge is -2.34. The fraction of sp³-hybridized carbons (Fsp3) is 1.00. The predicted molar refractivity (Wildman–Crippen MR) is 54.5 cm³/mol. The summed E-state index contributed by atoms with van der Waals surface area (Å²) in [6.07, 6.45) is 0.477. The third-order valence-corrected chi connectivity index (χ3v) is 3.17. The summed E-state index contributed by atoms with van der Waals surface area (Å²) in [6, 6.07) is 0. The number of aliphatic hydroxyl groups excluding tert-OH is 1. The van der Waals surface area contributed by atoms with E-state index in [1.807, 2.05) is 27.7 Å². The topological polar surface area (TPSA) is 47.9 Å². The molecular formula is C11H20O4. The molecule has 1 spiro atoms. The first-order valence-corrected chi connectivity index (χ1v) is 5.43. The van der Waals surface area contributed by atoms with Crippen molar-refractivity contribution in [2.24, 2.45) is 0 Å². The zero-order chi connectivity index (χ0) is 11.3. The first kappa shape index (κ1) is 11.3. The third-order valence-electron chi connectivity index (χ3n) is 3.17. The number of aliphatic hydroxyl groups is 1. The molecule has 0 saturated carbocycles. The van der Waals surface area contributed by atoms with Crippen LogP contribution in [0.3, 0.4) is 0 Å². The summed E-state index contributed by atoms with van der Waals surface area (Å²) in [5, 5.41) is 9.06. The minimum absolute atomic E-state index is 0.00173. The molecule has 0 bridgehead atoms. The highest BCUT2D eigenvalue weighted by atomic mass is 16.8. The van der Waals surface area contributed by atoms with Crippen molar-refractivity contribution in [2.75, 3.05) is 13.2 Å². The van der Waals surface area contributed by atoms with Crippen molar-refractivity contribution >= 4 is 0 Å². The average molecular weight is 216 g/mol. The summed E-state index contributed by atoms with van der Waals surface area (Å²) in [7, 11) is 0. The zero-order valence-electron chi connectivity index (χ0n) is 9.87. The number of hydrogen-bond donors (Lipinski definition) is 1. The van der Waals surface area contributed by atoms with Crippen molar-refractivity contribution in [3.05, 3.63) is 0 Å². The molecule has 4 heteroatoms. The van der Waals surface area contributed by atoms with Gasteiger partial charge in [-0.25, -0.2) is 0 Å². The standard InChI is InChI=1S/C11H20O4/c1-9(2)7-11(10(3,4)15-9)13-6-8(5-12)14-11/h8,12H,5-7H2,1-4H3. The lowest BCUT2D eigenvalue weighted by atomic mass is 9.93. The van der Waals surface area contributed by atoms with Crippen LogP contribution in [0.4, 0.5) is 0 Å². The van der Waals surface area contributed by atoms with Crippen molar-refractivity contribution < 1.29 is 19.3 Å². The monoisotopic (exact) mass is 216 g/mol. The molecule has 4 nitrogen and oxygen atoms in total. The molecule has 0 radical (unpaired) electrons. The van der Waals surface area contributed by atoms with Gasteiger partial charge in [-0.3, -0.25) is 0 Å². The second-order valence-corrected chi connectivity index (χ2v) is 5.54. The average Bonchev–Trinajstić information content (AvgIpc) is 2.53. The van der Waals surface area contributed by atoms with Crippen LogP contribution in [0, 0.1) is 0 Å². The van der Waals surface area contributed by atoms with E-state index >= 15 is 0 Å². The summed E-state index contributed by atoms with van der Waals surface area (Å²) in [6.45, 7) is 8.45. The molecule has 1 N–H and O–H groups in total. The Morgan fingerprint density at radius 2 is 1.93 bits per heavy atom. The van der Waals surface area contributed by atoms with Crippen LogP contribution in [0.15, 0.2) is 0 Å². The third kappa shape index (κ3) is 1.69. The Labute approximate surface area is 90.5 Å². The second-order valence-electron chi connectivity index (χ2n) is 5.54. The highest BCUT2D eigenvalue weighted by Gasteiger charge is 2.62. The van der Waals surface area contributed by atoms with E-state index in [4.69, 9.17) is 19.3 Å². The van der Waals surface area contributed by atoms with Crippen molar-refractivity contribution in [3.63, 3.8) is 0 Å². The Balaban J connectivity index is 2.22. The highest BCUT2D eigenvalue weighted by Crippen LogP contribution is 2.50. The predicted octanol–water partition coefficient (Wildman–Crippen LogP) is 1.07. The van der Waals surface area contributed by atoms with Gasteiger partial charge in [0.15, 0.2) is 5.79 Å². The van der Waals surface area contributed by atoms with Gasteiger partial charge < -0.3 is 19.3 Å². The van der Waals surface area contributed by atoms with E-state index in [1.165, 1.54) is 0 Å². The molecule has 15 heavy (non-hydrogen) atoms. The lowest BCUT2D eigenvalue weighted by Crippen LogP contribution is -2.47. The van der Waals surface area contributed by atoms with E-state index in [9.17, 15) is 0 Å². The maximum absolute atomic E-state index is 9.06. The van der Waals surface area contributed by atoms with E-state index < -0.39 is 11.4 Å². The first-order valence-electron chi connectivity index (χ1n) is 5.43. The van der Waals surface area contributed by atoms with Gasteiger partial charge in [-0.1, -0.05) is 0 Å². The summed E-state index contributed by atoms with van der Waals surface area (Å²) in [5.41, 5.74) is -0.714. The van der Waals surface area contributed by atoms with Gasteiger partial charge in [0.05, 0.1) is 18.8 Å². The van der Waals surface area contributed by atoms with Gasteiger partial charge in [-0.2, -0.15) is 0 Å². The first-order chi connectivity index (χ1) is 6.80. The normalized spacial score (nSPS) is 42.6. The Bertz CT molecular complexity index is 261. The van der Waals surface area contributed by atoms with Crippen molar-refractivity contribution in [2.45, 2.75) is 57.2 Å². The molecule has 2 atom stereocenters. The minimum Gasteiger partial charge on any atom is -0.394 e. The van der Waals surface area contributed by atoms with Crippen LogP contribution < -0.4 is 0 Å². The Kier molecular flexibility index (Phi) is 2.39. The van der Waals surface area contributed by atoms with E-state index in [-0.39, 0.29) is 18.3 Å².